The minimum Gasteiger partial charge on any atom is -0.313 e. The van der Waals surface area contributed by atoms with E-state index in [9.17, 15) is 0 Å². The van der Waals surface area contributed by atoms with E-state index in [1.807, 2.05) is 4.68 Å². The minimum atomic E-state index is 0.479. The van der Waals surface area contributed by atoms with E-state index >= 15 is 0 Å². The van der Waals surface area contributed by atoms with Gasteiger partial charge in [0.25, 0.3) is 0 Å². The van der Waals surface area contributed by atoms with Crippen LogP contribution in [-0.4, -0.2) is 32.8 Å². The van der Waals surface area contributed by atoms with Crippen molar-refractivity contribution in [1.29, 1.82) is 0 Å². The number of hydrogen-bond acceptors (Lipinski definition) is 5. The second kappa shape index (κ2) is 7.56. The zero-order chi connectivity index (χ0) is 15.2. The Morgan fingerprint density at radius 3 is 2.57 bits per heavy atom. The SMILES string of the molecule is Cc1cc(C)cc(CSc2nnnn2CCNC(C)C)c1. The fraction of sp³-hybridized carbons (Fsp3) is 0.533. The average Bonchev–Trinajstić information content (AvgIpc) is 2.82. The van der Waals surface area contributed by atoms with Crippen LogP contribution in [0.4, 0.5) is 0 Å². The smallest absolute Gasteiger partial charge is 0.209 e. The lowest BCUT2D eigenvalue weighted by molar-refractivity contribution is 0.485. The Bertz CT molecular complexity index is 559. The molecule has 6 heteroatoms. The number of aryl methyl sites for hydroxylation is 2. The maximum Gasteiger partial charge on any atom is 0.209 e. The molecule has 0 fully saturated rings. The van der Waals surface area contributed by atoms with Gasteiger partial charge in [0.15, 0.2) is 0 Å². The molecule has 0 aliphatic heterocycles. The predicted octanol–water partition coefficient (Wildman–Crippen LogP) is 2.58. The van der Waals surface area contributed by atoms with Gasteiger partial charge in [-0.15, -0.1) is 5.10 Å². The molecule has 1 N–H and O–H groups in total. The van der Waals surface area contributed by atoms with Gasteiger partial charge >= 0.3 is 0 Å². The lowest BCUT2D eigenvalue weighted by atomic mass is 10.1. The van der Waals surface area contributed by atoms with Crippen molar-refractivity contribution < 1.29 is 0 Å². The molecule has 114 valence electrons. The summed E-state index contributed by atoms with van der Waals surface area (Å²) in [5.74, 6) is 0.889. The van der Waals surface area contributed by atoms with Crippen LogP contribution in [0.25, 0.3) is 0 Å². The van der Waals surface area contributed by atoms with E-state index in [1.54, 1.807) is 11.8 Å². The summed E-state index contributed by atoms with van der Waals surface area (Å²) in [6.07, 6.45) is 0. The van der Waals surface area contributed by atoms with Crippen molar-refractivity contribution in [2.24, 2.45) is 0 Å². The summed E-state index contributed by atoms with van der Waals surface area (Å²) in [7, 11) is 0. The average molecular weight is 305 g/mol. The van der Waals surface area contributed by atoms with E-state index in [-0.39, 0.29) is 0 Å². The van der Waals surface area contributed by atoms with Crippen LogP contribution < -0.4 is 5.32 Å². The lowest BCUT2D eigenvalue weighted by Gasteiger charge is -2.09. The van der Waals surface area contributed by atoms with E-state index < -0.39 is 0 Å². The van der Waals surface area contributed by atoms with Crippen LogP contribution in [0, 0.1) is 13.8 Å². The first kappa shape index (κ1) is 16.0. The molecule has 0 saturated heterocycles. The number of tetrazole rings is 1. The summed E-state index contributed by atoms with van der Waals surface area (Å²) < 4.78 is 1.86. The molecule has 0 aliphatic rings. The van der Waals surface area contributed by atoms with Gasteiger partial charge in [-0.05, 0) is 29.8 Å². The molecule has 0 spiro atoms. The Morgan fingerprint density at radius 2 is 1.90 bits per heavy atom. The van der Waals surface area contributed by atoms with Gasteiger partial charge < -0.3 is 5.32 Å². The number of nitrogens with one attached hydrogen (secondary N) is 1. The third-order valence-electron chi connectivity index (χ3n) is 3.02. The van der Waals surface area contributed by atoms with Gasteiger partial charge in [0, 0.05) is 18.3 Å². The quantitative estimate of drug-likeness (QED) is 0.797. The van der Waals surface area contributed by atoms with Crippen molar-refractivity contribution in [1.82, 2.24) is 25.5 Å². The molecular weight excluding hydrogens is 282 g/mol. The van der Waals surface area contributed by atoms with Crippen molar-refractivity contribution >= 4 is 11.8 Å². The predicted molar refractivity (Wildman–Crippen MR) is 86.4 cm³/mol. The molecule has 0 radical (unpaired) electrons. The molecule has 0 unspecified atom stereocenters. The summed E-state index contributed by atoms with van der Waals surface area (Å²) in [6.45, 7) is 10.2. The highest BCUT2D eigenvalue weighted by Crippen LogP contribution is 2.21. The minimum absolute atomic E-state index is 0.479. The Hall–Kier alpha value is -1.40. The summed E-state index contributed by atoms with van der Waals surface area (Å²) in [5.41, 5.74) is 3.91. The molecule has 0 amide bonds. The fourth-order valence-electron chi connectivity index (χ4n) is 2.20. The first-order valence-corrected chi connectivity index (χ1v) is 8.22. The molecule has 0 saturated carbocycles. The molecule has 0 bridgehead atoms. The first-order valence-electron chi connectivity index (χ1n) is 7.24. The van der Waals surface area contributed by atoms with Gasteiger partial charge in [-0.3, -0.25) is 0 Å². The number of thioether (sulfide) groups is 1. The van der Waals surface area contributed by atoms with E-state index in [0.29, 0.717) is 6.04 Å². The molecule has 0 atom stereocenters. The standard InChI is InChI=1S/C15H23N5S/c1-11(2)16-5-6-20-15(17-18-19-20)21-10-14-8-12(3)7-13(4)9-14/h7-9,11,16H,5-6,10H2,1-4H3. The fourth-order valence-corrected chi connectivity index (χ4v) is 3.03. The van der Waals surface area contributed by atoms with Crippen LogP contribution in [0.3, 0.4) is 0 Å². The van der Waals surface area contributed by atoms with Gasteiger partial charge in [0.05, 0.1) is 6.54 Å². The Morgan fingerprint density at radius 1 is 1.19 bits per heavy atom. The van der Waals surface area contributed by atoms with Gasteiger partial charge in [-0.2, -0.15) is 0 Å². The van der Waals surface area contributed by atoms with E-state index in [1.165, 1.54) is 16.7 Å². The molecule has 1 heterocycles. The molecule has 2 aromatic rings. The number of benzene rings is 1. The molecule has 2 rings (SSSR count). The van der Waals surface area contributed by atoms with Crippen molar-refractivity contribution in [2.75, 3.05) is 6.54 Å². The maximum atomic E-state index is 4.11. The molecule has 1 aromatic heterocycles. The number of aromatic nitrogens is 4. The monoisotopic (exact) mass is 305 g/mol. The normalized spacial score (nSPS) is 11.3. The van der Waals surface area contributed by atoms with E-state index in [2.05, 4.69) is 66.7 Å². The maximum absolute atomic E-state index is 4.11. The Balaban J connectivity index is 1.92. The van der Waals surface area contributed by atoms with Crippen LogP contribution in [0.1, 0.15) is 30.5 Å². The summed E-state index contributed by atoms with van der Waals surface area (Å²) in [5, 5.41) is 16.2. The third-order valence-corrected chi connectivity index (χ3v) is 4.05. The highest BCUT2D eigenvalue weighted by atomic mass is 32.2. The largest absolute Gasteiger partial charge is 0.313 e. The second-order valence-electron chi connectivity index (χ2n) is 5.58. The summed E-state index contributed by atoms with van der Waals surface area (Å²) >= 11 is 1.68. The van der Waals surface area contributed by atoms with Gasteiger partial charge in [-0.25, -0.2) is 4.68 Å². The summed E-state index contributed by atoms with van der Waals surface area (Å²) in [4.78, 5) is 0. The van der Waals surface area contributed by atoms with Gasteiger partial charge in [0.1, 0.15) is 0 Å². The molecule has 21 heavy (non-hydrogen) atoms. The van der Waals surface area contributed by atoms with Crippen LogP contribution in [0.2, 0.25) is 0 Å². The van der Waals surface area contributed by atoms with Gasteiger partial charge in [-0.1, -0.05) is 54.9 Å². The first-order chi connectivity index (χ1) is 10.0. The van der Waals surface area contributed by atoms with Crippen molar-refractivity contribution in [3.8, 4) is 0 Å². The van der Waals surface area contributed by atoms with E-state index in [0.717, 1.165) is 24.0 Å². The Labute approximate surface area is 130 Å². The molecule has 1 aromatic carbocycles. The van der Waals surface area contributed by atoms with E-state index in [4.69, 9.17) is 0 Å². The highest BCUT2D eigenvalue weighted by molar-refractivity contribution is 7.98. The van der Waals surface area contributed by atoms with Crippen LogP contribution in [0.5, 0.6) is 0 Å². The topological polar surface area (TPSA) is 55.6 Å². The summed E-state index contributed by atoms with van der Waals surface area (Å²) in [6, 6.07) is 7.10. The zero-order valence-corrected chi connectivity index (χ0v) is 13.9. The van der Waals surface area contributed by atoms with Crippen molar-refractivity contribution in [2.45, 2.75) is 51.2 Å². The van der Waals surface area contributed by atoms with Crippen molar-refractivity contribution in [3.05, 3.63) is 34.9 Å². The van der Waals surface area contributed by atoms with Crippen LogP contribution in [0.15, 0.2) is 23.4 Å². The molecule has 5 nitrogen and oxygen atoms in total. The number of rotatable bonds is 7. The second-order valence-corrected chi connectivity index (χ2v) is 6.52. The van der Waals surface area contributed by atoms with Gasteiger partial charge in [0.2, 0.25) is 5.16 Å². The third kappa shape index (κ3) is 5.13. The molecule has 0 aliphatic carbocycles. The molecular formula is C15H23N5S. The zero-order valence-electron chi connectivity index (χ0n) is 13.1. The Kier molecular flexibility index (Phi) is 5.76. The van der Waals surface area contributed by atoms with Crippen LogP contribution in [-0.2, 0) is 12.3 Å². The van der Waals surface area contributed by atoms with Crippen molar-refractivity contribution in [3.63, 3.8) is 0 Å². The van der Waals surface area contributed by atoms with Crippen LogP contribution >= 0.6 is 11.8 Å². The number of hydrogen-bond donors (Lipinski definition) is 1. The number of nitrogens with zero attached hydrogens (tertiary/aromatic N) is 4. The highest BCUT2D eigenvalue weighted by Gasteiger charge is 2.07. The lowest BCUT2D eigenvalue weighted by Crippen LogP contribution is -2.27.